The number of aromatic nitrogens is 2. The lowest BCUT2D eigenvalue weighted by Crippen LogP contribution is -2.20. The zero-order valence-electron chi connectivity index (χ0n) is 10.2. The number of rotatable bonds is 4. The minimum absolute atomic E-state index is 0.260. The van der Waals surface area contributed by atoms with Gasteiger partial charge in [-0.25, -0.2) is 4.39 Å². The summed E-state index contributed by atoms with van der Waals surface area (Å²) < 4.78 is 18.6. The van der Waals surface area contributed by atoms with Crippen molar-refractivity contribution in [1.29, 1.82) is 0 Å². The van der Waals surface area contributed by atoms with Gasteiger partial charge in [0.2, 0.25) is 0 Å². The summed E-state index contributed by atoms with van der Waals surface area (Å²) in [7, 11) is 3.34. The summed E-state index contributed by atoms with van der Waals surface area (Å²) in [4.78, 5) is 8.25. The zero-order valence-corrected chi connectivity index (χ0v) is 10.2. The highest BCUT2D eigenvalue weighted by atomic mass is 19.1. The maximum Gasteiger partial charge on any atom is 0.124 e. The van der Waals surface area contributed by atoms with Crippen molar-refractivity contribution in [2.45, 2.75) is 6.04 Å². The molecule has 4 nitrogen and oxygen atoms in total. The molecule has 18 heavy (non-hydrogen) atoms. The molecule has 0 bridgehead atoms. The highest BCUT2D eigenvalue weighted by Crippen LogP contribution is 2.29. The summed E-state index contributed by atoms with van der Waals surface area (Å²) in [6.45, 7) is 0. The van der Waals surface area contributed by atoms with Gasteiger partial charge in [0.25, 0.3) is 0 Å². The highest BCUT2D eigenvalue weighted by Gasteiger charge is 2.18. The van der Waals surface area contributed by atoms with E-state index in [0.717, 1.165) is 0 Å². The monoisotopic (exact) mass is 247 g/mol. The van der Waals surface area contributed by atoms with E-state index in [2.05, 4.69) is 15.3 Å². The van der Waals surface area contributed by atoms with Crippen molar-refractivity contribution in [3.63, 3.8) is 0 Å². The molecule has 1 unspecified atom stereocenters. The Bertz CT molecular complexity index is 519. The van der Waals surface area contributed by atoms with Gasteiger partial charge >= 0.3 is 0 Å². The summed E-state index contributed by atoms with van der Waals surface area (Å²) in [5.41, 5.74) is 1.41. The third kappa shape index (κ3) is 2.46. The number of methoxy groups -OCH3 is 1. The van der Waals surface area contributed by atoms with Crippen LogP contribution in [0, 0.1) is 5.82 Å². The van der Waals surface area contributed by atoms with E-state index in [1.54, 1.807) is 38.8 Å². The second kappa shape index (κ2) is 5.55. The van der Waals surface area contributed by atoms with Gasteiger partial charge < -0.3 is 10.1 Å². The van der Waals surface area contributed by atoms with E-state index >= 15 is 0 Å². The Morgan fingerprint density at radius 2 is 2.17 bits per heavy atom. The normalized spacial score (nSPS) is 12.2. The van der Waals surface area contributed by atoms with Gasteiger partial charge in [0.15, 0.2) is 0 Å². The first-order chi connectivity index (χ1) is 8.76. The molecule has 5 heteroatoms. The lowest BCUT2D eigenvalue weighted by molar-refractivity contribution is 0.403. The lowest BCUT2D eigenvalue weighted by atomic mass is 10.0. The van der Waals surface area contributed by atoms with Gasteiger partial charge in [0.1, 0.15) is 11.6 Å². The molecule has 2 rings (SSSR count). The van der Waals surface area contributed by atoms with Crippen LogP contribution in [0.4, 0.5) is 4.39 Å². The standard InChI is InChI=1S/C13H14FN3O/c1-15-13(11-8-16-5-6-17-11)10-7-9(14)3-4-12(10)18-2/h3-8,13,15H,1-2H3. The Balaban J connectivity index is 2.48. The van der Waals surface area contributed by atoms with Gasteiger partial charge in [0.05, 0.1) is 25.0 Å². The fourth-order valence-corrected chi connectivity index (χ4v) is 1.85. The molecule has 0 fully saturated rings. The Morgan fingerprint density at radius 3 is 2.78 bits per heavy atom. The molecule has 0 aliphatic rings. The average molecular weight is 247 g/mol. The van der Waals surface area contributed by atoms with E-state index in [0.29, 0.717) is 17.0 Å². The maximum absolute atomic E-state index is 13.4. The van der Waals surface area contributed by atoms with Crippen molar-refractivity contribution in [3.8, 4) is 5.75 Å². The van der Waals surface area contributed by atoms with Gasteiger partial charge in [-0.05, 0) is 25.2 Å². The summed E-state index contributed by atoms with van der Waals surface area (Å²) >= 11 is 0. The van der Waals surface area contributed by atoms with Crippen LogP contribution in [0.5, 0.6) is 5.75 Å². The van der Waals surface area contributed by atoms with E-state index in [1.165, 1.54) is 12.1 Å². The number of hydrogen-bond donors (Lipinski definition) is 1. The maximum atomic E-state index is 13.4. The molecule has 0 spiro atoms. The van der Waals surface area contributed by atoms with Crippen molar-refractivity contribution in [1.82, 2.24) is 15.3 Å². The van der Waals surface area contributed by atoms with Crippen LogP contribution in [-0.2, 0) is 0 Å². The minimum Gasteiger partial charge on any atom is -0.496 e. The topological polar surface area (TPSA) is 47.0 Å². The predicted molar refractivity (Wildman–Crippen MR) is 65.9 cm³/mol. The van der Waals surface area contributed by atoms with E-state index in [-0.39, 0.29) is 11.9 Å². The molecule has 94 valence electrons. The molecule has 0 aliphatic heterocycles. The Hall–Kier alpha value is -2.01. The molecule has 0 aliphatic carbocycles. The Kier molecular flexibility index (Phi) is 3.84. The van der Waals surface area contributed by atoms with Gasteiger partial charge in [-0.1, -0.05) is 0 Å². The molecule has 0 amide bonds. The third-order valence-electron chi connectivity index (χ3n) is 2.67. The van der Waals surface area contributed by atoms with Crippen LogP contribution < -0.4 is 10.1 Å². The summed E-state index contributed by atoms with van der Waals surface area (Å²) in [5, 5.41) is 3.09. The van der Waals surface area contributed by atoms with Crippen molar-refractivity contribution >= 4 is 0 Å². The first kappa shape index (κ1) is 12.4. The molecular formula is C13H14FN3O. The van der Waals surface area contributed by atoms with E-state index < -0.39 is 0 Å². The number of nitrogens with one attached hydrogen (secondary N) is 1. The second-order valence-corrected chi connectivity index (χ2v) is 3.74. The molecule has 0 radical (unpaired) electrons. The summed E-state index contributed by atoms with van der Waals surface area (Å²) in [6.07, 6.45) is 4.84. The molecule has 2 aromatic rings. The molecule has 0 saturated carbocycles. The zero-order chi connectivity index (χ0) is 13.0. The van der Waals surface area contributed by atoms with E-state index in [1.807, 2.05) is 0 Å². The number of ether oxygens (including phenoxy) is 1. The fraction of sp³-hybridized carbons (Fsp3) is 0.231. The van der Waals surface area contributed by atoms with Crippen LogP contribution in [0.1, 0.15) is 17.3 Å². The molecular weight excluding hydrogens is 233 g/mol. The van der Waals surface area contributed by atoms with Gasteiger partial charge in [-0.15, -0.1) is 0 Å². The summed E-state index contributed by atoms with van der Waals surface area (Å²) in [5.74, 6) is 0.302. The SMILES string of the molecule is CNC(c1cnccn1)c1cc(F)ccc1OC. The molecule has 1 aromatic heterocycles. The van der Waals surface area contributed by atoms with Crippen LogP contribution in [0.25, 0.3) is 0 Å². The smallest absolute Gasteiger partial charge is 0.124 e. The predicted octanol–water partition coefficient (Wildman–Crippen LogP) is 1.93. The average Bonchev–Trinajstić information content (AvgIpc) is 2.41. The van der Waals surface area contributed by atoms with Crippen molar-refractivity contribution in [3.05, 3.63) is 53.9 Å². The first-order valence-corrected chi connectivity index (χ1v) is 5.53. The minimum atomic E-state index is -0.310. The fourth-order valence-electron chi connectivity index (χ4n) is 1.85. The van der Waals surface area contributed by atoms with Gasteiger partial charge in [0, 0.05) is 18.0 Å². The Labute approximate surface area is 105 Å². The molecule has 0 saturated heterocycles. The number of halogens is 1. The number of nitrogens with zero attached hydrogens (tertiary/aromatic N) is 2. The first-order valence-electron chi connectivity index (χ1n) is 5.53. The van der Waals surface area contributed by atoms with Crippen LogP contribution in [0.2, 0.25) is 0 Å². The summed E-state index contributed by atoms with van der Waals surface area (Å²) in [6, 6.07) is 4.15. The highest BCUT2D eigenvalue weighted by molar-refractivity contribution is 5.39. The van der Waals surface area contributed by atoms with Crippen molar-refractivity contribution < 1.29 is 9.13 Å². The van der Waals surface area contributed by atoms with Crippen LogP contribution in [-0.4, -0.2) is 24.1 Å². The van der Waals surface area contributed by atoms with Gasteiger partial charge in [-0.3, -0.25) is 9.97 Å². The van der Waals surface area contributed by atoms with Crippen molar-refractivity contribution in [2.24, 2.45) is 0 Å². The molecule has 1 atom stereocenters. The molecule has 1 N–H and O–H groups in total. The number of hydrogen-bond acceptors (Lipinski definition) is 4. The number of benzene rings is 1. The lowest BCUT2D eigenvalue weighted by Gasteiger charge is -2.18. The third-order valence-corrected chi connectivity index (χ3v) is 2.67. The Morgan fingerprint density at radius 1 is 1.33 bits per heavy atom. The van der Waals surface area contributed by atoms with Crippen LogP contribution >= 0.6 is 0 Å². The van der Waals surface area contributed by atoms with E-state index in [4.69, 9.17) is 4.74 Å². The van der Waals surface area contributed by atoms with Crippen LogP contribution in [0.15, 0.2) is 36.8 Å². The van der Waals surface area contributed by atoms with E-state index in [9.17, 15) is 4.39 Å². The quantitative estimate of drug-likeness (QED) is 0.896. The molecule has 1 heterocycles. The molecule has 1 aromatic carbocycles. The second-order valence-electron chi connectivity index (χ2n) is 3.74. The van der Waals surface area contributed by atoms with Gasteiger partial charge in [-0.2, -0.15) is 0 Å². The largest absolute Gasteiger partial charge is 0.496 e. The van der Waals surface area contributed by atoms with Crippen molar-refractivity contribution in [2.75, 3.05) is 14.2 Å². The van der Waals surface area contributed by atoms with Crippen LogP contribution in [0.3, 0.4) is 0 Å².